The van der Waals surface area contributed by atoms with E-state index in [2.05, 4.69) is 0 Å². The zero-order valence-electron chi connectivity index (χ0n) is 8.63. The Balaban J connectivity index is 2.15. The third-order valence-electron chi connectivity index (χ3n) is 2.37. The number of ketones is 1. The summed E-state index contributed by atoms with van der Waals surface area (Å²) >= 11 is 0. The Morgan fingerprint density at radius 1 is 1.27 bits per heavy atom. The molecule has 1 heterocycles. The number of Topliss-reactive ketones (excluding diaryl/α,β-unsaturated/α-hetero) is 1. The maximum Gasteiger partial charge on any atom is 0.195 e. The van der Waals surface area contributed by atoms with Crippen molar-refractivity contribution < 1.29 is 9.48 Å². The van der Waals surface area contributed by atoms with E-state index in [1.807, 2.05) is 65.2 Å². The van der Waals surface area contributed by atoms with Gasteiger partial charge in [0.1, 0.15) is 6.54 Å². The molecule has 1 aromatic heterocycles. The van der Waals surface area contributed by atoms with Gasteiger partial charge in [0.15, 0.2) is 19.0 Å². The summed E-state index contributed by atoms with van der Waals surface area (Å²) in [5.41, 5.74) is 0.756. The van der Waals surface area contributed by atoms with Crippen LogP contribution in [-0.4, -0.2) is 10.5 Å². The maximum absolute atomic E-state index is 11.8. The number of aromatic nitrogens is 2. The van der Waals surface area contributed by atoms with Crippen molar-refractivity contribution in [2.45, 2.75) is 6.54 Å². The average molecular weight is 201 g/mol. The van der Waals surface area contributed by atoms with Gasteiger partial charge in [-0.3, -0.25) is 4.79 Å². The number of hydrogen-bond donors (Lipinski definition) is 0. The summed E-state index contributed by atoms with van der Waals surface area (Å²) < 4.78 is 3.76. The number of rotatable bonds is 3. The molecule has 0 unspecified atom stereocenters. The molecule has 0 fully saturated rings. The standard InChI is InChI=1S/C12H13N2O/c1-13-8-5-9-14(13)10-12(15)11-6-3-2-4-7-11/h2-9H,10H2,1H3/q+1. The lowest BCUT2D eigenvalue weighted by molar-refractivity contribution is -0.752. The zero-order valence-corrected chi connectivity index (χ0v) is 8.63. The van der Waals surface area contributed by atoms with E-state index in [0.717, 1.165) is 5.56 Å². The van der Waals surface area contributed by atoms with E-state index in [0.29, 0.717) is 6.54 Å². The van der Waals surface area contributed by atoms with Gasteiger partial charge < -0.3 is 0 Å². The maximum atomic E-state index is 11.8. The SMILES string of the molecule is C[n+]1cccn1CC(=O)c1ccccc1. The van der Waals surface area contributed by atoms with Crippen molar-refractivity contribution in [3.63, 3.8) is 0 Å². The molecule has 0 aliphatic carbocycles. The minimum atomic E-state index is 0.127. The van der Waals surface area contributed by atoms with E-state index in [1.165, 1.54) is 0 Å². The van der Waals surface area contributed by atoms with Crippen LogP contribution in [0, 0.1) is 0 Å². The smallest absolute Gasteiger partial charge is 0.195 e. The van der Waals surface area contributed by atoms with Gasteiger partial charge in [0.25, 0.3) is 0 Å². The molecule has 0 N–H and O–H groups in total. The number of nitrogens with zero attached hydrogens (tertiary/aromatic N) is 2. The summed E-state index contributed by atoms with van der Waals surface area (Å²) in [4.78, 5) is 11.8. The Morgan fingerprint density at radius 3 is 2.60 bits per heavy atom. The highest BCUT2D eigenvalue weighted by Gasteiger charge is 2.10. The van der Waals surface area contributed by atoms with Crippen molar-refractivity contribution in [1.29, 1.82) is 0 Å². The first kappa shape index (κ1) is 9.65. The molecule has 1 aromatic carbocycles. The van der Waals surface area contributed by atoms with Gasteiger partial charge in [-0.2, -0.15) is 4.68 Å². The fourth-order valence-corrected chi connectivity index (χ4v) is 1.48. The molecule has 76 valence electrons. The molecular formula is C12H13N2O+. The average Bonchev–Trinajstić information content (AvgIpc) is 2.66. The summed E-state index contributed by atoms with van der Waals surface area (Å²) in [6.45, 7) is 0.382. The van der Waals surface area contributed by atoms with Crippen LogP contribution < -0.4 is 4.68 Å². The van der Waals surface area contributed by atoms with Crippen LogP contribution in [0.3, 0.4) is 0 Å². The number of carbonyl (C=O) groups is 1. The Bertz CT molecular complexity index is 459. The van der Waals surface area contributed by atoms with Gasteiger partial charge in [-0.1, -0.05) is 30.3 Å². The largest absolute Gasteiger partial charge is 0.292 e. The second kappa shape index (κ2) is 4.09. The highest BCUT2D eigenvalue weighted by atomic mass is 16.1. The van der Waals surface area contributed by atoms with E-state index in [-0.39, 0.29) is 5.78 Å². The summed E-state index contributed by atoms with van der Waals surface area (Å²) in [5, 5.41) is 0. The zero-order chi connectivity index (χ0) is 10.7. The molecule has 0 aliphatic heterocycles. The van der Waals surface area contributed by atoms with Crippen LogP contribution in [0.4, 0.5) is 0 Å². The van der Waals surface area contributed by atoms with E-state index >= 15 is 0 Å². The highest BCUT2D eigenvalue weighted by Crippen LogP contribution is 2.01. The van der Waals surface area contributed by atoms with E-state index in [1.54, 1.807) is 0 Å². The van der Waals surface area contributed by atoms with Crippen LogP contribution in [0.15, 0.2) is 48.8 Å². The lowest BCUT2D eigenvalue weighted by Crippen LogP contribution is -2.39. The lowest BCUT2D eigenvalue weighted by atomic mass is 10.1. The molecule has 0 bridgehead atoms. The second-order valence-corrected chi connectivity index (χ2v) is 3.45. The minimum Gasteiger partial charge on any atom is -0.292 e. The minimum absolute atomic E-state index is 0.127. The molecule has 0 aliphatic rings. The predicted molar refractivity (Wildman–Crippen MR) is 56.4 cm³/mol. The second-order valence-electron chi connectivity index (χ2n) is 3.45. The van der Waals surface area contributed by atoms with Crippen LogP contribution in [0.1, 0.15) is 10.4 Å². The first-order valence-corrected chi connectivity index (χ1v) is 4.86. The van der Waals surface area contributed by atoms with Gasteiger partial charge in [0.05, 0.1) is 6.20 Å². The summed E-state index contributed by atoms with van der Waals surface area (Å²) in [7, 11) is 1.91. The molecule has 0 radical (unpaired) electrons. The van der Waals surface area contributed by atoms with Crippen LogP contribution in [0.2, 0.25) is 0 Å². The van der Waals surface area contributed by atoms with Crippen molar-refractivity contribution >= 4 is 5.78 Å². The van der Waals surface area contributed by atoms with Crippen LogP contribution in [-0.2, 0) is 13.6 Å². The van der Waals surface area contributed by atoms with Gasteiger partial charge in [-0.25, -0.2) is 0 Å². The first-order chi connectivity index (χ1) is 7.27. The number of aryl methyl sites for hydroxylation is 1. The molecule has 0 atom stereocenters. The third-order valence-corrected chi connectivity index (χ3v) is 2.37. The normalized spacial score (nSPS) is 10.2. The Morgan fingerprint density at radius 2 is 2.00 bits per heavy atom. The molecule has 2 rings (SSSR count). The fraction of sp³-hybridized carbons (Fsp3) is 0.167. The molecule has 3 nitrogen and oxygen atoms in total. The van der Waals surface area contributed by atoms with Crippen molar-refractivity contribution in [3.05, 3.63) is 54.4 Å². The molecule has 15 heavy (non-hydrogen) atoms. The summed E-state index contributed by atoms with van der Waals surface area (Å²) in [6, 6.07) is 11.3. The molecule has 0 saturated carbocycles. The monoisotopic (exact) mass is 201 g/mol. The Kier molecular flexibility index (Phi) is 2.63. The van der Waals surface area contributed by atoms with E-state index in [4.69, 9.17) is 0 Å². The predicted octanol–water partition coefficient (Wildman–Crippen LogP) is 1.20. The summed E-state index contributed by atoms with van der Waals surface area (Å²) in [5.74, 6) is 0.127. The van der Waals surface area contributed by atoms with Gasteiger partial charge in [-0.15, -0.1) is 4.68 Å². The first-order valence-electron chi connectivity index (χ1n) is 4.86. The summed E-state index contributed by atoms with van der Waals surface area (Å²) in [6.07, 6.45) is 3.80. The van der Waals surface area contributed by atoms with Crippen LogP contribution >= 0.6 is 0 Å². The van der Waals surface area contributed by atoms with Crippen molar-refractivity contribution in [3.8, 4) is 0 Å². The molecule has 0 saturated heterocycles. The number of hydrogen-bond acceptors (Lipinski definition) is 1. The quantitative estimate of drug-likeness (QED) is 0.541. The molecule has 3 heteroatoms. The Labute approximate surface area is 88.6 Å². The van der Waals surface area contributed by atoms with Crippen molar-refractivity contribution in [2.75, 3.05) is 0 Å². The van der Waals surface area contributed by atoms with Gasteiger partial charge in [-0.05, 0) is 0 Å². The molecular weight excluding hydrogens is 188 g/mol. The lowest BCUT2D eigenvalue weighted by Gasteiger charge is -2.00. The highest BCUT2D eigenvalue weighted by molar-refractivity contribution is 5.95. The topological polar surface area (TPSA) is 25.9 Å². The van der Waals surface area contributed by atoms with Crippen LogP contribution in [0.5, 0.6) is 0 Å². The van der Waals surface area contributed by atoms with Gasteiger partial charge in [0, 0.05) is 11.6 Å². The van der Waals surface area contributed by atoms with Crippen LogP contribution in [0.25, 0.3) is 0 Å². The number of carbonyl (C=O) groups excluding carboxylic acids is 1. The van der Waals surface area contributed by atoms with E-state index in [9.17, 15) is 4.79 Å². The van der Waals surface area contributed by atoms with Gasteiger partial charge in [0.2, 0.25) is 0 Å². The fourth-order valence-electron chi connectivity index (χ4n) is 1.48. The van der Waals surface area contributed by atoms with Crippen molar-refractivity contribution in [1.82, 2.24) is 4.68 Å². The molecule has 2 aromatic rings. The number of benzene rings is 1. The third kappa shape index (κ3) is 2.13. The molecule has 0 spiro atoms. The molecule has 0 amide bonds. The Hall–Kier alpha value is -1.90. The van der Waals surface area contributed by atoms with E-state index < -0.39 is 0 Å². The van der Waals surface area contributed by atoms with Gasteiger partial charge >= 0.3 is 0 Å². The van der Waals surface area contributed by atoms with Crippen molar-refractivity contribution in [2.24, 2.45) is 7.05 Å².